The normalized spacial score (nSPS) is 9.00. The van der Waals surface area contributed by atoms with Gasteiger partial charge in [-0.3, -0.25) is 4.79 Å². The van der Waals surface area contributed by atoms with Crippen molar-refractivity contribution in [3.63, 3.8) is 0 Å². The molecule has 0 saturated carbocycles. The molecule has 0 atom stereocenters. The van der Waals surface area contributed by atoms with E-state index in [4.69, 9.17) is 0 Å². The van der Waals surface area contributed by atoms with Gasteiger partial charge in [0, 0.05) is 7.05 Å². The van der Waals surface area contributed by atoms with Crippen molar-refractivity contribution in [2.24, 2.45) is 0 Å². The van der Waals surface area contributed by atoms with Crippen LogP contribution in [0.2, 0.25) is 0 Å². The van der Waals surface area contributed by atoms with Gasteiger partial charge in [0.1, 0.15) is 0 Å². The summed E-state index contributed by atoms with van der Waals surface area (Å²) in [6.07, 6.45) is 0. The summed E-state index contributed by atoms with van der Waals surface area (Å²) in [5.41, 5.74) is 0.506. The standard InChI is InChI=1S/C10H9BrFNO3.C2H6/c1-5-3-6(10(15)16-4-14)9(13-2)8(12)7(5)11;1-2/h3-4,13H,1-2H3;1-2H3. The third-order valence-corrected chi connectivity index (χ3v) is 2.99. The number of rotatable bonds is 3. The topological polar surface area (TPSA) is 55.4 Å². The van der Waals surface area contributed by atoms with Crippen LogP contribution in [0.4, 0.5) is 10.1 Å². The summed E-state index contributed by atoms with van der Waals surface area (Å²) in [5.74, 6) is -1.49. The highest BCUT2D eigenvalue weighted by molar-refractivity contribution is 9.10. The fraction of sp³-hybridized carbons (Fsp3) is 0.333. The monoisotopic (exact) mass is 319 g/mol. The molecule has 6 heteroatoms. The lowest BCUT2D eigenvalue weighted by Crippen LogP contribution is -2.10. The van der Waals surface area contributed by atoms with Crippen LogP contribution in [0.15, 0.2) is 10.5 Å². The van der Waals surface area contributed by atoms with Gasteiger partial charge in [-0.25, -0.2) is 9.18 Å². The molecule has 0 unspecified atom stereocenters. The molecule has 0 saturated heterocycles. The summed E-state index contributed by atoms with van der Waals surface area (Å²) in [6.45, 7) is 5.64. The van der Waals surface area contributed by atoms with E-state index in [1.165, 1.54) is 13.1 Å². The Morgan fingerprint density at radius 1 is 1.50 bits per heavy atom. The van der Waals surface area contributed by atoms with E-state index in [1.54, 1.807) is 6.92 Å². The van der Waals surface area contributed by atoms with E-state index in [-0.39, 0.29) is 22.2 Å². The number of esters is 1. The van der Waals surface area contributed by atoms with Crippen molar-refractivity contribution in [2.45, 2.75) is 20.8 Å². The van der Waals surface area contributed by atoms with E-state index in [0.29, 0.717) is 5.56 Å². The van der Waals surface area contributed by atoms with E-state index >= 15 is 0 Å². The van der Waals surface area contributed by atoms with E-state index in [0.717, 1.165) is 0 Å². The summed E-state index contributed by atoms with van der Waals surface area (Å²) in [4.78, 5) is 21.4. The molecule has 0 amide bonds. The minimum atomic E-state index is -0.895. The van der Waals surface area contributed by atoms with Gasteiger partial charge in [-0.05, 0) is 34.5 Å². The number of nitrogens with one attached hydrogen (secondary N) is 1. The first-order chi connectivity index (χ1) is 8.52. The summed E-state index contributed by atoms with van der Waals surface area (Å²) < 4.78 is 18.2. The van der Waals surface area contributed by atoms with Crippen LogP contribution in [-0.4, -0.2) is 19.5 Å². The van der Waals surface area contributed by atoms with Crippen molar-refractivity contribution in [2.75, 3.05) is 12.4 Å². The molecule has 0 fully saturated rings. The SMILES string of the molecule is CC.CNc1c(C(=O)OC=O)cc(C)c(Br)c1F. The van der Waals surface area contributed by atoms with Crippen molar-refractivity contribution in [3.8, 4) is 0 Å². The Morgan fingerprint density at radius 2 is 2.06 bits per heavy atom. The third-order valence-electron chi connectivity index (χ3n) is 2.01. The Kier molecular flexibility index (Phi) is 7.19. The van der Waals surface area contributed by atoms with Crippen LogP contribution in [-0.2, 0) is 9.53 Å². The number of benzene rings is 1. The molecule has 1 aromatic rings. The summed E-state index contributed by atoms with van der Waals surface area (Å²) in [7, 11) is 1.47. The molecule has 18 heavy (non-hydrogen) atoms. The van der Waals surface area contributed by atoms with Gasteiger partial charge < -0.3 is 10.1 Å². The molecule has 0 aliphatic heterocycles. The first kappa shape index (κ1) is 16.6. The lowest BCUT2D eigenvalue weighted by molar-refractivity contribution is -0.123. The lowest BCUT2D eigenvalue weighted by Gasteiger charge is -2.11. The molecule has 1 aromatic carbocycles. The van der Waals surface area contributed by atoms with Crippen molar-refractivity contribution in [1.29, 1.82) is 0 Å². The summed E-state index contributed by atoms with van der Waals surface area (Å²) >= 11 is 3.06. The number of anilines is 1. The van der Waals surface area contributed by atoms with Gasteiger partial charge in [0.05, 0.1) is 15.7 Å². The average Bonchev–Trinajstić information content (AvgIpc) is 2.38. The van der Waals surface area contributed by atoms with Gasteiger partial charge in [-0.15, -0.1) is 0 Å². The van der Waals surface area contributed by atoms with E-state index in [1.807, 2.05) is 13.8 Å². The Balaban J connectivity index is 0.00000137. The number of halogens is 2. The number of carbonyl (C=O) groups is 2. The molecule has 1 N–H and O–H groups in total. The maximum Gasteiger partial charge on any atom is 0.347 e. The minimum Gasteiger partial charge on any atom is -0.392 e. The molecule has 0 aliphatic rings. The molecule has 0 bridgehead atoms. The third kappa shape index (κ3) is 3.53. The first-order valence-corrected chi connectivity index (χ1v) is 6.13. The van der Waals surface area contributed by atoms with Crippen molar-refractivity contribution in [3.05, 3.63) is 27.5 Å². The molecule has 0 heterocycles. The van der Waals surface area contributed by atoms with Crippen molar-refractivity contribution < 1.29 is 18.7 Å². The predicted octanol–water partition coefficient (Wildman–Crippen LogP) is 3.28. The van der Waals surface area contributed by atoms with Crippen LogP contribution in [0.5, 0.6) is 0 Å². The van der Waals surface area contributed by atoms with Gasteiger partial charge in [0.15, 0.2) is 5.82 Å². The summed E-state index contributed by atoms with van der Waals surface area (Å²) in [6, 6.07) is 1.44. The largest absolute Gasteiger partial charge is 0.392 e. The van der Waals surface area contributed by atoms with Gasteiger partial charge in [-0.2, -0.15) is 0 Å². The van der Waals surface area contributed by atoms with Crippen LogP contribution in [0.25, 0.3) is 0 Å². The zero-order chi connectivity index (χ0) is 14.3. The zero-order valence-corrected chi connectivity index (χ0v) is 12.2. The molecule has 0 radical (unpaired) electrons. The van der Waals surface area contributed by atoms with Gasteiger partial charge in [0.25, 0.3) is 0 Å². The number of hydrogen-bond acceptors (Lipinski definition) is 4. The zero-order valence-electron chi connectivity index (χ0n) is 10.6. The van der Waals surface area contributed by atoms with Crippen molar-refractivity contribution >= 4 is 34.1 Å². The Labute approximate surface area is 114 Å². The highest BCUT2D eigenvalue weighted by Gasteiger charge is 2.19. The number of ether oxygens (including phenoxy) is 1. The fourth-order valence-corrected chi connectivity index (χ4v) is 1.58. The van der Waals surface area contributed by atoms with Crippen LogP contribution in [0, 0.1) is 12.7 Å². The second-order valence-electron chi connectivity index (χ2n) is 3.00. The van der Waals surface area contributed by atoms with Crippen LogP contribution in [0.3, 0.4) is 0 Å². The smallest absolute Gasteiger partial charge is 0.347 e. The Hall–Kier alpha value is -1.43. The molecule has 0 spiro atoms. The molecule has 4 nitrogen and oxygen atoms in total. The molecule has 0 aromatic heterocycles. The minimum absolute atomic E-state index is 0.00988. The fourth-order valence-electron chi connectivity index (χ4n) is 1.27. The lowest BCUT2D eigenvalue weighted by atomic mass is 10.1. The number of aryl methyl sites for hydroxylation is 1. The van der Waals surface area contributed by atoms with Crippen molar-refractivity contribution in [1.82, 2.24) is 0 Å². The second-order valence-corrected chi connectivity index (χ2v) is 3.79. The molecular weight excluding hydrogens is 305 g/mol. The number of carbonyl (C=O) groups excluding carboxylic acids is 2. The first-order valence-electron chi connectivity index (χ1n) is 5.33. The molecular formula is C12H15BrFNO3. The highest BCUT2D eigenvalue weighted by Crippen LogP contribution is 2.30. The van der Waals surface area contributed by atoms with Gasteiger partial charge >= 0.3 is 12.4 Å². The average molecular weight is 320 g/mol. The molecule has 0 aliphatic carbocycles. The Bertz CT molecular complexity index is 449. The predicted molar refractivity (Wildman–Crippen MR) is 71.2 cm³/mol. The van der Waals surface area contributed by atoms with Crippen LogP contribution >= 0.6 is 15.9 Å². The van der Waals surface area contributed by atoms with Gasteiger partial charge in [0.2, 0.25) is 0 Å². The van der Waals surface area contributed by atoms with Crippen LogP contribution < -0.4 is 5.32 Å². The van der Waals surface area contributed by atoms with E-state index in [9.17, 15) is 14.0 Å². The van der Waals surface area contributed by atoms with E-state index in [2.05, 4.69) is 26.0 Å². The maximum absolute atomic E-state index is 13.7. The highest BCUT2D eigenvalue weighted by atomic mass is 79.9. The van der Waals surface area contributed by atoms with Crippen LogP contribution in [0.1, 0.15) is 29.8 Å². The molecule has 1 rings (SSSR count). The van der Waals surface area contributed by atoms with E-state index < -0.39 is 11.8 Å². The second kappa shape index (κ2) is 7.81. The Morgan fingerprint density at radius 3 is 2.50 bits per heavy atom. The van der Waals surface area contributed by atoms with Gasteiger partial charge in [-0.1, -0.05) is 13.8 Å². The maximum atomic E-state index is 13.7. The quantitative estimate of drug-likeness (QED) is 0.527. The summed E-state index contributed by atoms with van der Waals surface area (Å²) in [5, 5.41) is 2.55. The molecule has 100 valence electrons. The number of hydrogen-bond donors (Lipinski definition) is 1.